The highest BCUT2D eigenvalue weighted by atomic mass is 32.2. The van der Waals surface area contributed by atoms with E-state index in [0.717, 1.165) is 6.26 Å². The van der Waals surface area contributed by atoms with Gasteiger partial charge in [-0.25, -0.2) is 12.7 Å². The lowest BCUT2D eigenvalue weighted by molar-refractivity contribution is -0.122. The molecule has 1 aromatic carbocycles. The molecule has 2 heterocycles. The molecule has 0 spiro atoms. The van der Waals surface area contributed by atoms with Crippen LogP contribution in [-0.2, 0) is 19.6 Å². The number of carbonyl (C=O) groups is 2. The zero-order valence-electron chi connectivity index (χ0n) is 20.2. The first-order valence-corrected chi connectivity index (χ1v) is 13.4. The number of rotatable bonds is 7. The number of likely N-dealkylation sites (N-methyl/N-ethyl adjacent to an activating group) is 1. The van der Waals surface area contributed by atoms with Crippen LogP contribution in [0.25, 0.3) is 0 Å². The van der Waals surface area contributed by atoms with Gasteiger partial charge in [0.15, 0.2) is 5.75 Å². The molecule has 0 radical (unpaired) electrons. The van der Waals surface area contributed by atoms with Crippen molar-refractivity contribution in [3.8, 4) is 5.75 Å². The van der Waals surface area contributed by atoms with Crippen molar-refractivity contribution in [2.45, 2.75) is 38.8 Å². The van der Waals surface area contributed by atoms with Gasteiger partial charge in [0.25, 0.3) is 5.91 Å². The molecule has 3 rings (SSSR count). The lowest BCUT2D eigenvalue weighted by Crippen LogP contribution is -2.50. The number of aliphatic hydroxyl groups excluding tert-OH is 1. The summed E-state index contributed by atoms with van der Waals surface area (Å²) in [6, 6.07) is 4.51. The van der Waals surface area contributed by atoms with Crippen LogP contribution in [0, 0.1) is 11.8 Å². The van der Waals surface area contributed by atoms with E-state index in [0.29, 0.717) is 31.7 Å². The Morgan fingerprint density at radius 3 is 2.62 bits per heavy atom. The molecule has 2 N–H and O–H groups in total. The van der Waals surface area contributed by atoms with Crippen molar-refractivity contribution < 1.29 is 32.6 Å². The van der Waals surface area contributed by atoms with Crippen molar-refractivity contribution in [3.05, 3.63) is 23.8 Å². The second kappa shape index (κ2) is 11.0. The number of amides is 2. The first-order valence-electron chi connectivity index (χ1n) is 11.5. The molecule has 2 aliphatic heterocycles. The largest absolute Gasteiger partial charge is 0.486 e. The molecule has 190 valence electrons. The molecule has 2 aliphatic rings. The monoisotopic (exact) mass is 497 g/mol. The Balaban J connectivity index is 2.00. The number of ether oxygens (including phenoxy) is 2. The Kier molecular flexibility index (Phi) is 8.56. The predicted molar refractivity (Wildman–Crippen MR) is 127 cm³/mol. The fourth-order valence-electron chi connectivity index (χ4n) is 4.14. The molecule has 0 aliphatic carbocycles. The van der Waals surface area contributed by atoms with Gasteiger partial charge in [0, 0.05) is 38.6 Å². The van der Waals surface area contributed by atoms with E-state index in [4.69, 9.17) is 9.47 Å². The van der Waals surface area contributed by atoms with Crippen molar-refractivity contribution in [2.75, 3.05) is 51.5 Å². The number of nitrogens with one attached hydrogen (secondary N) is 1. The molecule has 11 heteroatoms. The third kappa shape index (κ3) is 6.07. The number of fused-ring (bicyclic) bond motifs is 1. The number of benzene rings is 1. The number of hydrogen-bond acceptors (Lipinski definition) is 7. The normalized spacial score (nSPS) is 23.0. The van der Waals surface area contributed by atoms with E-state index < -0.39 is 22.2 Å². The van der Waals surface area contributed by atoms with Crippen molar-refractivity contribution >= 4 is 27.5 Å². The fourth-order valence-corrected chi connectivity index (χ4v) is 4.56. The minimum atomic E-state index is -3.46. The van der Waals surface area contributed by atoms with Gasteiger partial charge in [0.2, 0.25) is 15.9 Å². The van der Waals surface area contributed by atoms with Gasteiger partial charge in [-0.3, -0.25) is 9.59 Å². The van der Waals surface area contributed by atoms with Gasteiger partial charge in [0.1, 0.15) is 6.10 Å². The maximum Gasteiger partial charge on any atom is 0.258 e. The molecular formula is C23H35N3O7S. The average Bonchev–Trinajstić information content (AvgIpc) is 2.81. The van der Waals surface area contributed by atoms with E-state index in [2.05, 4.69) is 5.32 Å². The van der Waals surface area contributed by atoms with Crippen molar-refractivity contribution in [1.29, 1.82) is 0 Å². The highest BCUT2D eigenvalue weighted by molar-refractivity contribution is 7.88. The topological polar surface area (TPSA) is 125 Å². The number of carbonyl (C=O) groups excluding carboxylic acids is 2. The molecule has 1 saturated heterocycles. The van der Waals surface area contributed by atoms with Crippen LogP contribution in [0.15, 0.2) is 18.2 Å². The Bertz CT molecular complexity index is 994. The Morgan fingerprint density at radius 1 is 1.32 bits per heavy atom. The molecule has 0 unspecified atom stereocenters. The summed E-state index contributed by atoms with van der Waals surface area (Å²) in [6.07, 6.45) is 1.75. The van der Waals surface area contributed by atoms with Gasteiger partial charge in [-0.1, -0.05) is 13.0 Å². The number of aliphatic hydroxyl groups is 1. The van der Waals surface area contributed by atoms with E-state index in [-0.39, 0.29) is 54.7 Å². The van der Waals surface area contributed by atoms with E-state index in [1.807, 2.05) is 6.92 Å². The van der Waals surface area contributed by atoms with Crippen LogP contribution in [0.2, 0.25) is 0 Å². The highest BCUT2D eigenvalue weighted by Crippen LogP contribution is 2.35. The number of para-hydroxylation sites is 1. The zero-order chi connectivity index (χ0) is 25.0. The highest BCUT2D eigenvalue weighted by Gasteiger charge is 2.35. The summed E-state index contributed by atoms with van der Waals surface area (Å²) in [5.41, 5.74) is 0.615. The first-order chi connectivity index (χ1) is 16.0. The number of anilines is 1. The molecule has 34 heavy (non-hydrogen) atoms. The van der Waals surface area contributed by atoms with E-state index in [1.54, 1.807) is 30.0 Å². The first kappa shape index (κ1) is 26.4. The van der Waals surface area contributed by atoms with E-state index in [9.17, 15) is 23.1 Å². The van der Waals surface area contributed by atoms with Crippen LogP contribution < -0.4 is 10.1 Å². The van der Waals surface area contributed by atoms with Crippen LogP contribution in [0.4, 0.5) is 5.69 Å². The van der Waals surface area contributed by atoms with Crippen molar-refractivity contribution in [3.63, 3.8) is 0 Å². The van der Waals surface area contributed by atoms with Gasteiger partial charge >= 0.3 is 0 Å². The van der Waals surface area contributed by atoms with Crippen LogP contribution in [-0.4, -0.2) is 92.9 Å². The van der Waals surface area contributed by atoms with Gasteiger partial charge in [-0.05, 0) is 31.9 Å². The molecule has 0 saturated carbocycles. The number of hydrogen-bond donors (Lipinski definition) is 2. The second-order valence-electron chi connectivity index (χ2n) is 9.22. The molecule has 0 bridgehead atoms. The SMILES string of the molecule is C[C@@H]1CN([C@H](C)CO)C(=O)c2cccc(NC(=O)C3CCOCC3)c2O[C@@H]1CN(C)S(C)(=O)=O. The molecule has 0 aromatic heterocycles. The molecule has 3 atom stereocenters. The average molecular weight is 498 g/mol. The summed E-state index contributed by atoms with van der Waals surface area (Å²) < 4.78 is 37.0. The summed E-state index contributed by atoms with van der Waals surface area (Å²) >= 11 is 0. The van der Waals surface area contributed by atoms with Crippen LogP contribution in [0.3, 0.4) is 0 Å². The van der Waals surface area contributed by atoms with Gasteiger partial charge in [0.05, 0.1) is 36.7 Å². The third-order valence-electron chi connectivity index (χ3n) is 6.54. The molecule has 2 amide bonds. The minimum Gasteiger partial charge on any atom is -0.486 e. The fraction of sp³-hybridized carbons (Fsp3) is 0.652. The predicted octanol–water partition coefficient (Wildman–Crippen LogP) is 1.16. The summed E-state index contributed by atoms with van der Waals surface area (Å²) in [5, 5.41) is 12.7. The Labute approximate surface area is 201 Å². The molecular weight excluding hydrogens is 462 g/mol. The Hall–Kier alpha value is -2.21. The van der Waals surface area contributed by atoms with Gasteiger partial charge in [-0.2, -0.15) is 0 Å². The zero-order valence-corrected chi connectivity index (χ0v) is 21.0. The van der Waals surface area contributed by atoms with Crippen molar-refractivity contribution in [2.24, 2.45) is 11.8 Å². The molecule has 1 aromatic rings. The van der Waals surface area contributed by atoms with Gasteiger partial charge < -0.3 is 24.8 Å². The van der Waals surface area contributed by atoms with Gasteiger partial charge in [-0.15, -0.1) is 0 Å². The summed E-state index contributed by atoms with van der Waals surface area (Å²) in [4.78, 5) is 28.0. The standard InChI is InChI=1S/C23H35N3O7S/c1-15-12-26(16(2)14-27)23(29)18-6-5-7-19(24-22(28)17-8-10-32-11-9-17)21(18)33-20(15)13-25(3)34(4,30)31/h5-7,15-17,20,27H,8-14H2,1-4H3,(H,24,28)/t15-,16-,20-/m1/s1. The second-order valence-corrected chi connectivity index (χ2v) is 11.3. The number of sulfonamides is 1. The lowest BCUT2D eigenvalue weighted by atomic mass is 9.98. The molecule has 10 nitrogen and oxygen atoms in total. The maximum atomic E-state index is 13.5. The summed E-state index contributed by atoms with van der Waals surface area (Å²) in [7, 11) is -1.99. The lowest BCUT2D eigenvalue weighted by Gasteiger charge is -2.38. The van der Waals surface area contributed by atoms with Crippen molar-refractivity contribution in [1.82, 2.24) is 9.21 Å². The minimum absolute atomic E-state index is 0.0667. The summed E-state index contributed by atoms with van der Waals surface area (Å²) in [6.45, 7) is 4.79. The summed E-state index contributed by atoms with van der Waals surface area (Å²) in [5.74, 6) is -0.740. The smallest absolute Gasteiger partial charge is 0.258 e. The quantitative estimate of drug-likeness (QED) is 0.579. The Morgan fingerprint density at radius 2 is 2.00 bits per heavy atom. The van der Waals surface area contributed by atoms with Crippen LogP contribution >= 0.6 is 0 Å². The molecule has 1 fully saturated rings. The number of nitrogens with zero attached hydrogens (tertiary/aromatic N) is 2. The van der Waals surface area contributed by atoms with E-state index >= 15 is 0 Å². The maximum absolute atomic E-state index is 13.5. The van der Waals surface area contributed by atoms with E-state index in [1.165, 1.54) is 11.4 Å². The van der Waals surface area contributed by atoms with Crippen LogP contribution in [0.5, 0.6) is 5.75 Å². The third-order valence-corrected chi connectivity index (χ3v) is 7.83. The van der Waals surface area contributed by atoms with Crippen LogP contribution in [0.1, 0.15) is 37.0 Å².